The first kappa shape index (κ1) is 26.9. The zero-order valence-electron chi connectivity index (χ0n) is 21.8. The molecule has 0 saturated carbocycles. The molecule has 210 valence electrons. The van der Waals surface area contributed by atoms with Crippen molar-refractivity contribution >= 4 is 29.0 Å². The van der Waals surface area contributed by atoms with Gasteiger partial charge in [0.25, 0.3) is 5.56 Å². The van der Waals surface area contributed by atoms with Gasteiger partial charge in [-0.2, -0.15) is 22.7 Å². The first-order valence-electron chi connectivity index (χ1n) is 12.3. The smallest absolute Gasteiger partial charge is 0.416 e. The Morgan fingerprint density at radius 2 is 1.75 bits per heavy atom. The van der Waals surface area contributed by atoms with E-state index in [0.29, 0.717) is 43.5 Å². The van der Waals surface area contributed by atoms with Crippen LogP contribution in [0.5, 0.6) is 0 Å². The lowest BCUT2D eigenvalue weighted by Crippen LogP contribution is -2.50. The number of hydrogen-bond acceptors (Lipinski definition) is 8. The van der Waals surface area contributed by atoms with Crippen LogP contribution in [0.2, 0.25) is 0 Å². The van der Waals surface area contributed by atoms with E-state index in [1.807, 2.05) is 4.90 Å². The highest BCUT2D eigenvalue weighted by Crippen LogP contribution is 2.30. The SMILES string of the molecule is CC(=O)N1CCN(c2c(C)n(CC(=O)Nc3ccc(C(F)(F)F)cc3)c3nc(-c4cnc(C)o4)nn3c2=O)CC1. The van der Waals surface area contributed by atoms with Crippen molar-refractivity contribution in [3.05, 3.63) is 58.0 Å². The lowest BCUT2D eigenvalue weighted by Gasteiger charge is -2.36. The van der Waals surface area contributed by atoms with Crippen molar-refractivity contribution in [1.29, 1.82) is 0 Å². The molecule has 12 nitrogen and oxygen atoms in total. The molecule has 1 aromatic carbocycles. The number of benzene rings is 1. The second-order valence-corrected chi connectivity index (χ2v) is 9.33. The second-order valence-electron chi connectivity index (χ2n) is 9.33. The molecular formula is C25H25F3N8O4. The van der Waals surface area contributed by atoms with Crippen molar-refractivity contribution < 1.29 is 27.2 Å². The third-order valence-corrected chi connectivity index (χ3v) is 6.65. The van der Waals surface area contributed by atoms with Crippen molar-refractivity contribution in [2.75, 3.05) is 36.4 Å². The molecule has 1 fully saturated rings. The summed E-state index contributed by atoms with van der Waals surface area (Å²) in [5.41, 5.74) is -0.394. The number of hydrogen-bond donors (Lipinski definition) is 1. The Balaban J connectivity index is 1.52. The molecule has 1 N–H and O–H groups in total. The molecule has 15 heteroatoms. The molecule has 0 bridgehead atoms. The van der Waals surface area contributed by atoms with E-state index in [2.05, 4.69) is 20.4 Å². The molecule has 1 aliphatic heterocycles. The van der Waals surface area contributed by atoms with Crippen molar-refractivity contribution in [3.63, 3.8) is 0 Å². The fraction of sp³-hybridized carbons (Fsp3) is 0.360. The van der Waals surface area contributed by atoms with E-state index < -0.39 is 23.2 Å². The average molecular weight is 559 g/mol. The number of aryl methyl sites for hydroxylation is 1. The number of piperazine rings is 1. The summed E-state index contributed by atoms with van der Waals surface area (Å²) in [5, 5.41) is 6.92. The highest BCUT2D eigenvalue weighted by molar-refractivity contribution is 5.91. The van der Waals surface area contributed by atoms with Crippen LogP contribution in [0.3, 0.4) is 0 Å². The molecule has 0 aliphatic carbocycles. The van der Waals surface area contributed by atoms with E-state index in [-0.39, 0.29) is 35.5 Å². The quantitative estimate of drug-likeness (QED) is 0.396. The summed E-state index contributed by atoms with van der Waals surface area (Å²) in [4.78, 5) is 50.5. The van der Waals surface area contributed by atoms with Crippen molar-refractivity contribution in [2.24, 2.45) is 0 Å². The Labute approximate surface area is 225 Å². The number of rotatable bonds is 5. The molecule has 2 amide bonds. The van der Waals surface area contributed by atoms with E-state index in [0.717, 1.165) is 28.8 Å². The molecule has 0 radical (unpaired) electrons. The van der Waals surface area contributed by atoms with E-state index in [1.54, 1.807) is 18.7 Å². The Morgan fingerprint density at radius 1 is 1.07 bits per heavy atom. The van der Waals surface area contributed by atoms with Crippen LogP contribution < -0.4 is 15.8 Å². The zero-order valence-corrected chi connectivity index (χ0v) is 21.8. The number of carbonyl (C=O) groups excluding carboxylic acids is 2. The van der Waals surface area contributed by atoms with Gasteiger partial charge in [0.15, 0.2) is 11.7 Å². The minimum Gasteiger partial charge on any atom is -0.438 e. The topological polar surface area (TPSA) is 131 Å². The summed E-state index contributed by atoms with van der Waals surface area (Å²) < 4.78 is 46.8. The fourth-order valence-electron chi connectivity index (χ4n) is 4.60. The third kappa shape index (κ3) is 5.13. The van der Waals surface area contributed by atoms with Gasteiger partial charge in [0.05, 0.1) is 11.8 Å². The second kappa shape index (κ2) is 10.1. The van der Waals surface area contributed by atoms with Gasteiger partial charge >= 0.3 is 6.18 Å². The number of amides is 2. The minimum absolute atomic E-state index is 0.0626. The maximum absolute atomic E-state index is 13.6. The molecule has 1 aliphatic rings. The maximum Gasteiger partial charge on any atom is 0.416 e. The van der Waals surface area contributed by atoms with Crippen LogP contribution in [-0.4, -0.2) is 67.0 Å². The van der Waals surface area contributed by atoms with Crippen LogP contribution in [0.25, 0.3) is 17.4 Å². The van der Waals surface area contributed by atoms with E-state index >= 15 is 0 Å². The van der Waals surface area contributed by atoms with E-state index in [4.69, 9.17) is 4.42 Å². The lowest BCUT2D eigenvalue weighted by molar-refractivity contribution is -0.137. The number of alkyl halides is 3. The summed E-state index contributed by atoms with van der Waals surface area (Å²) in [5.74, 6) is 0.150. The standard InChI is InChI=1S/C25H25F3N8O4/c1-14-21(34-10-8-33(9-11-34)16(3)37)23(39)36-24(31-22(32-36)19-12-29-15(2)40-19)35(14)13-20(38)30-18-6-4-17(5-7-18)25(26,27)28/h4-7,12H,8-11,13H2,1-3H3,(H,30,38). The van der Waals surface area contributed by atoms with Gasteiger partial charge in [-0.05, 0) is 31.2 Å². The molecule has 3 aromatic heterocycles. The van der Waals surface area contributed by atoms with Crippen LogP contribution >= 0.6 is 0 Å². The predicted octanol–water partition coefficient (Wildman–Crippen LogP) is 2.49. The van der Waals surface area contributed by atoms with E-state index in [9.17, 15) is 27.6 Å². The number of nitrogens with zero attached hydrogens (tertiary/aromatic N) is 7. The molecule has 4 heterocycles. The number of oxazole rings is 1. The fourth-order valence-corrected chi connectivity index (χ4v) is 4.60. The monoisotopic (exact) mass is 558 g/mol. The molecule has 0 unspecified atom stereocenters. The molecular weight excluding hydrogens is 533 g/mol. The summed E-state index contributed by atoms with van der Waals surface area (Å²) in [6.07, 6.45) is -3.08. The summed E-state index contributed by atoms with van der Waals surface area (Å²) in [7, 11) is 0. The number of halogens is 3. The maximum atomic E-state index is 13.6. The van der Waals surface area contributed by atoms with Crippen LogP contribution in [-0.2, 0) is 22.3 Å². The molecule has 1 saturated heterocycles. The summed E-state index contributed by atoms with van der Waals surface area (Å²) >= 11 is 0. The Morgan fingerprint density at radius 3 is 2.33 bits per heavy atom. The highest BCUT2D eigenvalue weighted by atomic mass is 19.4. The number of anilines is 2. The van der Waals surface area contributed by atoms with Crippen molar-refractivity contribution in [3.8, 4) is 11.6 Å². The van der Waals surface area contributed by atoms with Gasteiger partial charge in [0, 0.05) is 51.4 Å². The Bertz CT molecular complexity index is 1650. The average Bonchev–Trinajstić information content (AvgIpc) is 3.54. The van der Waals surface area contributed by atoms with E-state index in [1.165, 1.54) is 17.7 Å². The largest absolute Gasteiger partial charge is 0.438 e. The van der Waals surface area contributed by atoms with Crippen molar-refractivity contribution in [2.45, 2.75) is 33.5 Å². The van der Waals surface area contributed by atoms with Crippen LogP contribution in [0.1, 0.15) is 24.1 Å². The van der Waals surface area contributed by atoms with Gasteiger partial charge in [-0.3, -0.25) is 14.4 Å². The molecule has 0 atom stereocenters. The van der Waals surface area contributed by atoms with Gasteiger partial charge in [-0.25, -0.2) is 4.98 Å². The van der Waals surface area contributed by atoms with Crippen LogP contribution in [0, 0.1) is 13.8 Å². The molecule has 0 spiro atoms. The summed E-state index contributed by atoms with van der Waals surface area (Å²) in [6, 6.07) is 4.08. The normalized spacial score (nSPS) is 14.2. The molecule has 40 heavy (non-hydrogen) atoms. The number of fused-ring (bicyclic) bond motifs is 1. The lowest BCUT2D eigenvalue weighted by atomic mass is 10.2. The summed E-state index contributed by atoms with van der Waals surface area (Å²) in [6.45, 7) is 6.10. The van der Waals surface area contributed by atoms with Gasteiger partial charge in [-0.15, -0.1) is 5.10 Å². The first-order valence-corrected chi connectivity index (χ1v) is 12.3. The zero-order chi connectivity index (χ0) is 28.8. The first-order chi connectivity index (χ1) is 18.9. The van der Waals surface area contributed by atoms with Gasteiger partial charge in [-0.1, -0.05) is 0 Å². The van der Waals surface area contributed by atoms with Gasteiger partial charge in [0.2, 0.25) is 23.4 Å². The Hall–Kier alpha value is -4.69. The van der Waals surface area contributed by atoms with Gasteiger partial charge in [0.1, 0.15) is 12.2 Å². The highest BCUT2D eigenvalue weighted by Gasteiger charge is 2.30. The number of carbonyl (C=O) groups is 2. The third-order valence-electron chi connectivity index (χ3n) is 6.65. The van der Waals surface area contributed by atoms with Gasteiger partial charge < -0.3 is 24.1 Å². The Kier molecular flexibility index (Phi) is 6.81. The minimum atomic E-state index is -4.50. The number of aromatic nitrogens is 5. The molecule has 4 aromatic rings. The molecule has 5 rings (SSSR count). The predicted molar refractivity (Wildman–Crippen MR) is 137 cm³/mol. The van der Waals surface area contributed by atoms with Crippen molar-refractivity contribution in [1.82, 2.24) is 29.0 Å². The van der Waals surface area contributed by atoms with Crippen LogP contribution in [0.4, 0.5) is 24.5 Å². The van der Waals surface area contributed by atoms with Crippen LogP contribution in [0.15, 0.2) is 39.7 Å². The number of nitrogens with one attached hydrogen (secondary N) is 1.